The van der Waals surface area contributed by atoms with Crippen molar-refractivity contribution in [3.8, 4) is 0 Å². The molecule has 2 nitrogen and oxygen atoms in total. The van der Waals surface area contributed by atoms with Crippen LogP contribution in [-0.2, 0) is 4.74 Å². The van der Waals surface area contributed by atoms with Crippen molar-refractivity contribution in [3.05, 3.63) is 0 Å². The van der Waals surface area contributed by atoms with Crippen LogP contribution in [0.25, 0.3) is 0 Å². The Morgan fingerprint density at radius 1 is 1.31 bits per heavy atom. The van der Waals surface area contributed by atoms with Crippen molar-refractivity contribution >= 4 is 12.6 Å². The Labute approximate surface area is 104 Å². The summed E-state index contributed by atoms with van der Waals surface area (Å²) in [5, 5.41) is 0. The van der Waals surface area contributed by atoms with Gasteiger partial charge in [0.1, 0.15) is 0 Å². The Hall–Kier alpha value is 0.270. The van der Waals surface area contributed by atoms with Gasteiger partial charge in [0.25, 0.3) is 0 Å². The molecule has 92 valence electrons. The number of nitrogens with zero attached hydrogens (tertiary/aromatic N) is 1. The second-order valence-corrected chi connectivity index (χ2v) is 6.65. The molecule has 2 bridgehead atoms. The molecule has 3 aliphatic carbocycles. The first-order valence-electron chi connectivity index (χ1n) is 6.54. The van der Waals surface area contributed by atoms with Gasteiger partial charge < -0.3 is 4.74 Å². The Kier molecular flexibility index (Phi) is 2.58. The van der Waals surface area contributed by atoms with E-state index >= 15 is 0 Å². The van der Waals surface area contributed by atoms with E-state index < -0.39 is 0 Å². The van der Waals surface area contributed by atoms with Crippen LogP contribution >= 0.6 is 12.6 Å². The molecule has 0 aromatic rings. The quantitative estimate of drug-likeness (QED) is 0.743. The number of hydrogen-bond acceptors (Lipinski definition) is 3. The lowest BCUT2D eigenvalue weighted by atomic mass is 9.51. The molecule has 3 atom stereocenters. The minimum atomic E-state index is 0.484. The molecule has 3 heteroatoms. The van der Waals surface area contributed by atoms with Gasteiger partial charge >= 0.3 is 0 Å². The SMILES string of the molecule is CC1(C)C2CC(N3CCOCC3)C1(CS)C2. The molecule has 1 aliphatic heterocycles. The summed E-state index contributed by atoms with van der Waals surface area (Å²) in [6.07, 6.45) is 2.80. The molecule has 3 saturated carbocycles. The van der Waals surface area contributed by atoms with E-state index in [0.29, 0.717) is 10.8 Å². The van der Waals surface area contributed by atoms with Crippen molar-refractivity contribution in [2.75, 3.05) is 32.1 Å². The number of ether oxygens (including phenoxy) is 1. The van der Waals surface area contributed by atoms with Crippen LogP contribution in [0, 0.1) is 16.7 Å². The van der Waals surface area contributed by atoms with E-state index in [9.17, 15) is 0 Å². The highest BCUT2D eigenvalue weighted by Crippen LogP contribution is 2.71. The fourth-order valence-electron chi connectivity index (χ4n) is 4.43. The molecular weight excluding hydrogens is 218 g/mol. The van der Waals surface area contributed by atoms with Crippen molar-refractivity contribution in [1.29, 1.82) is 0 Å². The summed E-state index contributed by atoms with van der Waals surface area (Å²) in [6, 6.07) is 0.772. The van der Waals surface area contributed by atoms with Crippen molar-refractivity contribution in [2.45, 2.75) is 32.7 Å². The van der Waals surface area contributed by atoms with Crippen molar-refractivity contribution in [2.24, 2.45) is 16.7 Å². The minimum Gasteiger partial charge on any atom is -0.379 e. The number of thiol groups is 1. The van der Waals surface area contributed by atoms with Gasteiger partial charge in [0.2, 0.25) is 0 Å². The molecule has 16 heavy (non-hydrogen) atoms. The summed E-state index contributed by atoms with van der Waals surface area (Å²) in [5.41, 5.74) is 0.996. The molecule has 4 rings (SSSR count). The van der Waals surface area contributed by atoms with Gasteiger partial charge in [-0.25, -0.2) is 0 Å². The van der Waals surface area contributed by atoms with Gasteiger partial charge in [-0.3, -0.25) is 4.90 Å². The normalized spacial score (nSPS) is 46.7. The van der Waals surface area contributed by atoms with E-state index in [0.717, 1.165) is 44.0 Å². The monoisotopic (exact) mass is 241 g/mol. The summed E-state index contributed by atoms with van der Waals surface area (Å²) in [6.45, 7) is 9.01. The number of hydrogen-bond donors (Lipinski definition) is 1. The number of fused-ring (bicyclic) bond motifs is 1. The summed E-state index contributed by atoms with van der Waals surface area (Å²) < 4.78 is 5.47. The zero-order valence-electron chi connectivity index (χ0n) is 10.4. The third-order valence-electron chi connectivity index (χ3n) is 5.83. The fourth-order valence-corrected chi connectivity index (χ4v) is 5.18. The standard InChI is InChI=1S/C13H23NOS/c1-12(2)10-7-11(13(12,8-10)9-16)14-3-5-15-6-4-14/h10-11,16H,3-9H2,1-2H3. The van der Waals surface area contributed by atoms with Crippen molar-refractivity contribution < 1.29 is 4.74 Å². The highest BCUT2D eigenvalue weighted by Gasteiger charge is 2.69. The second kappa shape index (κ2) is 3.63. The average Bonchev–Trinajstić information content (AvgIpc) is 2.81. The highest BCUT2D eigenvalue weighted by atomic mass is 32.1. The molecule has 4 fully saturated rings. The summed E-state index contributed by atoms with van der Waals surface area (Å²) in [5.74, 6) is 1.99. The van der Waals surface area contributed by atoms with Crippen molar-refractivity contribution in [1.82, 2.24) is 4.90 Å². The third-order valence-corrected chi connectivity index (χ3v) is 6.39. The summed E-state index contributed by atoms with van der Waals surface area (Å²) in [4.78, 5) is 2.68. The Morgan fingerprint density at radius 2 is 2.00 bits per heavy atom. The predicted molar refractivity (Wildman–Crippen MR) is 69.0 cm³/mol. The maximum atomic E-state index is 5.47. The van der Waals surface area contributed by atoms with Crippen LogP contribution in [0.4, 0.5) is 0 Å². The largest absolute Gasteiger partial charge is 0.379 e. The van der Waals surface area contributed by atoms with E-state index in [4.69, 9.17) is 4.74 Å². The molecule has 3 unspecified atom stereocenters. The van der Waals surface area contributed by atoms with Gasteiger partial charge in [-0.2, -0.15) is 12.6 Å². The maximum Gasteiger partial charge on any atom is 0.0594 e. The molecule has 0 amide bonds. The zero-order valence-corrected chi connectivity index (χ0v) is 11.3. The minimum absolute atomic E-state index is 0.484. The lowest BCUT2D eigenvalue weighted by Gasteiger charge is -2.57. The lowest BCUT2D eigenvalue weighted by Crippen LogP contribution is -2.58. The average molecular weight is 241 g/mol. The Bertz CT molecular complexity index is 288. The Morgan fingerprint density at radius 3 is 2.56 bits per heavy atom. The fraction of sp³-hybridized carbons (Fsp3) is 1.00. The molecule has 0 spiro atoms. The topological polar surface area (TPSA) is 12.5 Å². The van der Waals surface area contributed by atoms with E-state index in [2.05, 4.69) is 31.4 Å². The van der Waals surface area contributed by atoms with Gasteiger partial charge in [-0.1, -0.05) is 13.8 Å². The van der Waals surface area contributed by atoms with Crippen LogP contribution in [0.5, 0.6) is 0 Å². The van der Waals surface area contributed by atoms with Crippen LogP contribution in [0.1, 0.15) is 26.7 Å². The van der Waals surface area contributed by atoms with E-state index in [1.54, 1.807) is 0 Å². The third kappa shape index (κ3) is 1.23. The van der Waals surface area contributed by atoms with E-state index in [1.807, 2.05) is 0 Å². The van der Waals surface area contributed by atoms with Crippen LogP contribution in [-0.4, -0.2) is 43.0 Å². The summed E-state index contributed by atoms with van der Waals surface area (Å²) >= 11 is 4.67. The van der Waals surface area contributed by atoms with Crippen LogP contribution in [0.3, 0.4) is 0 Å². The van der Waals surface area contributed by atoms with Crippen LogP contribution in [0.15, 0.2) is 0 Å². The van der Waals surface area contributed by atoms with Gasteiger partial charge in [-0.15, -0.1) is 0 Å². The van der Waals surface area contributed by atoms with Gasteiger partial charge in [0, 0.05) is 24.5 Å². The summed E-state index contributed by atoms with van der Waals surface area (Å²) in [7, 11) is 0. The smallest absolute Gasteiger partial charge is 0.0594 e. The highest BCUT2D eigenvalue weighted by molar-refractivity contribution is 7.80. The first-order valence-corrected chi connectivity index (χ1v) is 7.18. The van der Waals surface area contributed by atoms with Gasteiger partial charge in [0.15, 0.2) is 0 Å². The predicted octanol–water partition coefficient (Wildman–Crippen LogP) is 2.05. The molecular formula is C13H23NOS. The maximum absolute atomic E-state index is 5.47. The molecule has 0 N–H and O–H groups in total. The molecule has 0 radical (unpaired) electrons. The first-order chi connectivity index (χ1) is 7.62. The zero-order chi connectivity index (χ0) is 11.4. The Balaban J connectivity index is 1.82. The van der Waals surface area contributed by atoms with Crippen molar-refractivity contribution in [3.63, 3.8) is 0 Å². The van der Waals surface area contributed by atoms with E-state index in [1.165, 1.54) is 12.8 Å². The van der Waals surface area contributed by atoms with Crippen LogP contribution in [0.2, 0.25) is 0 Å². The molecule has 0 aromatic carbocycles. The first kappa shape index (κ1) is 11.4. The molecule has 1 saturated heterocycles. The van der Waals surface area contributed by atoms with Gasteiger partial charge in [0.05, 0.1) is 13.2 Å². The number of rotatable bonds is 2. The number of morpholine rings is 1. The molecule has 1 heterocycles. The van der Waals surface area contributed by atoms with E-state index in [-0.39, 0.29) is 0 Å². The van der Waals surface area contributed by atoms with Gasteiger partial charge in [-0.05, 0) is 29.9 Å². The van der Waals surface area contributed by atoms with Crippen LogP contribution < -0.4 is 0 Å². The molecule has 4 aliphatic rings. The lowest BCUT2D eigenvalue weighted by molar-refractivity contribution is -0.0810. The second-order valence-electron chi connectivity index (χ2n) is 6.34. The molecule has 0 aromatic heterocycles.